The van der Waals surface area contributed by atoms with Crippen molar-refractivity contribution in [1.82, 2.24) is 4.90 Å². The number of hydrogen-bond donors (Lipinski definition) is 1. The fourth-order valence-electron chi connectivity index (χ4n) is 4.09. The van der Waals surface area contributed by atoms with Gasteiger partial charge in [-0.1, -0.05) is 41.9 Å². The molecule has 3 aromatic rings. The molecule has 0 fully saturated rings. The van der Waals surface area contributed by atoms with E-state index in [1.54, 1.807) is 23.1 Å². The van der Waals surface area contributed by atoms with Gasteiger partial charge in [-0.15, -0.1) is 0 Å². The number of carbonyl (C=O) groups excluding carboxylic acids is 1. The number of halogens is 1. The number of hydrogen-bond acceptors (Lipinski definition) is 3. The summed E-state index contributed by atoms with van der Waals surface area (Å²) < 4.78 is 5.94. The van der Waals surface area contributed by atoms with Crippen molar-refractivity contribution in [3.63, 3.8) is 0 Å². The van der Waals surface area contributed by atoms with E-state index < -0.39 is 6.04 Å². The van der Waals surface area contributed by atoms with E-state index in [1.165, 1.54) is 4.90 Å². The molecule has 1 atom stereocenters. The molecule has 0 radical (unpaired) electrons. The highest BCUT2D eigenvalue weighted by atomic mass is 35.5. The average molecular weight is 412 g/mol. The molecule has 0 saturated heterocycles. The minimum atomic E-state index is -0.451. The Bertz CT molecular complexity index is 1110. The number of nitrogens with zero attached hydrogens (tertiary/aromatic N) is 1. The van der Waals surface area contributed by atoms with Crippen LogP contribution in [0.25, 0.3) is 11.0 Å². The third kappa shape index (κ3) is 3.45. The molecule has 2 aromatic carbocycles. The molecule has 1 aromatic heterocycles. The number of likely N-dealkylation sites (N-methyl/N-ethyl adjacent to an activating group) is 1. The van der Waals surface area contributed by atoms with E-state index in [-0.39, 0.29) is 17.1 Å². The maximum absolute atomic E-state index is 13.4. The Hall–Kier alpha value is -2.63. The SMILES string of the molecule is CC[NH+](CC)CCN1C(=O)c2oc3ccc(Cl)cc3c(=O)c2C1c1ccccc1. The normalized spacial score (nSPS) is 16.1. The van der Waals surface area contributed by atoms with Crippen molar-refractivity contribution in [3.8, 4) is 0 Å². The first-order valence-electron chi connectivity index (χ1n) is 10.0. The lowest BCUT2D eigenvalue weighted by Crippen LogP contribution is -3.12. The summed E-state index contributed by atoms with van der Waals surface area (Å²) in [6.45, 7) is 7.61. The van der Waals surface area contributed by atoms with Gasteiger partial charge < -0.3 is 14.2 Å². The second-order valence-electron chi connectivity index (χ2n) is 7.33. The van der Waals surface area contributed by atoms with Gasteiger partial charge in [-0.25, -0.2) is 0 Å². The smallest absolute Gasteiger partial charge is 0.291 e. The van der Waals surface area contributed by atoms with Crippen molar-refractivity contribution in [2.75, 3.05) is 26.2 Å². The molecule has 0 spiro atoms. The molecular formula is C23H24ClN2O3+. The molecule has 0 saturated carbocycles. The van der Waals surface area contributed by atoms with Crippen LogP contribution in [0.15, 0.2) is 57.7 Å². The number of amides is 1. The highest BCUT2D eigenvalue weighted by Crippen LogP contribution is 2.37. The molecule has 2 heterocycles. The fraction of sp³-hybridized carbons (Fsp3) is 0.304. The van der Waals surface area contributed by atoms with Crippen LogP contribution in [-0.2, 0) is 0 Å². The predicted molar refractivity (Wildman–Crippen MR) is 114 cm³/mol. The summed E-state index contributed by atoms with van der Waals surface area (Å²) in [7, 11) is 0. The van der Waals surface area contributed by atoms with E-state index >= 15 is 0 Å². The van der Waals surface area contributed by atoms with E-state index in [0.29, 0.717) is 28.1 Å². The fourth-order valence-corrected chi connectivity index (χ4v) is 4.26. The van der Waals surface area contributed by atoms with Gasteiger partial charge in [0.1, 0.15) is 5.58 Å². The summed E-state index contributed by atoms with van der Waals surface area (Å²) >= 11 is 6.11. The Kier molecular flexibility index (Phi) is 5.43. The van der Waals surface area contributed by atoms with Crippen LogP contribution < -0.4 is 10.3 Å². The Labute approximate surface area is 174 Å². The van der Waals surface area contributed by atoms with Gasteiger partial charge in [0.15, 0.2) is 5.43 Å². The van der Waals surface area contributed by atoms with Gasteiger partial charge in [0.25, 0.3) is 5.91 Å². The Morgan fingerprint density at radius 2 is 1.79 bits per heavy atom. The van der Waals surface area contributed by atoms with Crippen molar-refractivity contribution in [2.24, 2.45) is 0 Å². The van der Waals surface area contributed by atoms with Crippen molar-refractivity contribution in [2.45, 2.75) is 19.9 Å². The first kappa shape index (κ1) is 19.7. The number of fused-ring (bicyclic) bond motifs is 2. The molecule has 6 heteroatoms. The first-order valence-corrected chi connectivity index (χ1v) is 10.4. The van der Waals surface area contributed by atoms with Crippen LogP contribution in [0.1, 0.15) is 41.6 Å². The number of quaternary nitrogens is 1. The highest BCUT2D eigenvalue weighted by molar-refractivity contribution is 6.31. The second kappa shape index (κ2) is 8.01. The monoisotopic (exact) mass is 411 g/mol. The number of nitrogens with one attached hydrogen (secondary N) is 1. The van der Waals surface area contributed by atoms with Crippen LogP contribution in [0.3, 0.4) is 0 Å². The zero-order valence-electron chi connectivity index (χ0n) is 16.6. The van der Waals surface area contributed by atoms with Gasteiger partial charge in [-0.3, -0.25) is 9.59 Å². The summed E-state index contributed by atoms with van der Waals surface area (Å²) in [5.41, 5.74) is 1.51. The van der Waals surface area contributed by atoms with Crippen LogP contribution in [0.5, 0.6) is 0 Å². The molecule has 5 nitrogen and oxygen atoms in total. The maximum atomic E-state index is 13.4. The third-order valence-electron chi connectivity index (χ3n) is 5.75. The summed E-state index contributed by atoms with van der Waals surface area (Å²) in [5.74, 6) is -0.0809. The topological polar surface area (TPSA) is 55.0 Å². The van der Waals surface area contributed by atoms with Crippen LogP contribution in [-0.4, -0.2) is 37.0 Å². The Balaban J connectivity index is 1.87. The average Bonchev–Trinajstić information content (AvgIpc) is 3.02. The Morgan fingerprint density at radius 1 is 1.07 bits per heavy atom. The number of benzene rings is 2. The largest absolute Gasteiger partial charge is 0.450 e. The van der Waals surface area contributed by atoms with Crippen LogP contribution >= 0.6 is 11.6 Å². The van der Waals surface area contributed by atoms with Gasteiger partial charge >= 0.3 is 0 Å². The van der Waals surface area contributed by atoms with Crippen LogP contribution in [0, 0.1) is 0 Å². The lowest BCUT2D eigenvalue weighted by Gasteiger charge is -2.26. The predicted octanol–water partition coefficient (Wildman–Crippen LogP) is 2.92. The standard InChI is InChI=1S/C23H23ClN2O3/c1-3-25(4-2)12-13-26-20(15-8-6-5-7-9-15)19-21(27)17-14-16(24)10-11-18(17)29-22(19)23(26)28/h5-11,14,20H,3-4,12-13H2,1-2H3/p+1. The molecule has 4 rings (SSSR count). The lowest BCUT2D eigenvalue weighted by atomic mass is 9.98. The van der Waals surface area contributed by atoms with Crippen molar-refractivity contribution < 1.29 is 14.1 Å². The summed E-state index contributed by atoms with van der Waals surface area (Å²) in [6.07, 6.45) is 0. The molecule has 29 heavy (non-hydrogen) atoms. The first-order chi connectivity index (χ1) is 14.0. The molecule has 1 N–H and O–H groups in total. The molecule has 1 unspecified atom stereocenters. The van der Waals surface area contributed by atoms with E-state index in [2.05, 4.69) is 13.8 Å². The van der Waals surface area contributed by atoms with Crippen molar-refractivity contribution in [1.29, 1.82) is 0 Å². The number of rotatable bonds is 6. The third-order valence-corrected chi connectivity index (χ3v) is 5.98. The summed E-state index contributed by atoms with van der Waals surface area (Å²) in [6, 6.07) is 14.1. The minimum Gasteiger partial charge on any atom is -0.450 e. The van der Waals surface area contributed by atoms with Crippen molar-refractivity contribution in [3.05, 3.63) is 80.7 Å². The van der Waals surface area contributed by atoms with Gasteiger partial charge in [0.05, 0.1) is 43.2 Å². The molecule has 1 aliphatic rings. The molecule has 150 valence electrons. The highest BCUT2D eigenvalue weighted by Gasteiger charge is 2.42. The maximum Gasteiger partial charge on any atom is 0.291 e. The minimum absolute atomic E-state index is 0.147. The van der Waals surface area contributed by atoms with Gasteiger partial charge in [0, 0.05) is 5.02 Å². The zero-order valence-corrected chi connectivity index (χ0v) is 17.3. The van der Waals surface area contributed by atoms with Gasteiger partial charge in [0.2, 0.25) is 5.76 Å². The second-order valence-corrected chi connectivity index (χ2v) is 7.77. The van der Waals surface area contributed by atoms with Crippen LogP contribution in [0.2, 0.25) is 5.02 Å². The lowest BCUT2D eigenvalue weighted by molar-refractivity contribution is -0.895. The summed E-state index contributed by atoms with van der Waals surface area (Å²) in [4.78, 5) is 29.9. The van der Waals surface area contributed by atoms with E-state index in [9.17, 15) is 9.59 Å². The molecule has 0 bridgehead atoms. The Morgan fingerprint density at radius 3 is 2.48 bits per heavy atom. The van der Waals surface area contributed by atoms with Crippen molar-refractivity contribution >= 4 is 28.5 Å². The summed E-state index contributed by atoms with van der Waals surface area (Å²) in [5, 5.41) is 0.869. The van der Waals surface area contributed by atoms with Gasteiger partial charge in [-0.2, -0.15) is 0 Å². The molecule has 1 amide bonds. The van der Waals surface area contributed by atoms with Gasteiger partial charge in [-0.05, 0) is 37.6 Å². The van der Waals surface area contributed by atoms with Crippen LogP contribution in [0.4, 0.5) is 0 Å². The van der Waals surface area contributed by atoms with E-state index in [4.69, 9.17) is 16.0 Å². The molecular weight excluding hydrogens is 388 g/mol. The molecule has 0 aliphatic carbocycles. The zero-order chi connectivity index (χ0) is 20.5. The number of carbonyl (C=O) groups is 1. The van der Waals surface area contributed by atoms with E-state index in [0.717, 1.165) is 25.2 Å². The molecule has 1 aliphatic heterocycles. The van der Waals surface area contributed by atoms with E-state index in [1.807, 2.05) is 30.3 Å². The quantitative estimate of drug-likeness (QED) is 0.678.